The maximum atomic E-state index is 11.4. The summed E-state index contributed by atoms with van der Waals surface area (Å²) < 4.78 is 2.10. The summed E-state index contributed by atoms with van der Waals surface area (Å²) in [7, 11) is 2.02. The third kappa shape index (κ3) is 7.52. The van der Waals surface area contributed by atoms with E-state index in [2.05, 4.69) is 73.7 Å². The number of β-amino-alcohol motifs (C(OH)–C–C–N with tert-alkyl or cyclic N) is 1. The van der Waals surface area contributed by atoms with Gasteiger partial charge in [-0.1, -0.05) is 48.5 Å². The molecule has 1 atom stereocenters. The summed E-state index contributed by atoms with van der Waals surface area (Å²) in [5, 5.41) is 23.8. The topological polar surface area (TPSA) is 72.8 Å². The number of carbonyl (C=O) groups is 1. The lowest BCUT2D eigenvalue weighted by Crippen LogP contribution is -2.46. The summed E-state index contributed by atoms with van der Waals surface area (Å²) in [4.78, 5) is 12.6. The first-order valence-electron chi connectivity index (χ1n) is 13.8. The molecule has 0 fully saturated rings. The Morgan fingerprint density at radius 2 is 1.59 bits per heavy atom. The zero-order valence-electron chi connectivity index (χ0n) is 24.0. The Balaban J connectivity index is 1.30. The number of hydrogen-bond acceptors (Lipinski definition) is 5. The van der Waals surface area contributed by atoms with E-state index in [4.69, 9.17) is 0 Å². The van der Waals surface area contributed by atoms with Crippen LogP contribution in [0.1, 0.15) is 58.4 Å². The Kier molecular flexibility index (Phi) is 9.22. The van der Waals surface area contributed by atoms with Crippen molar-refractivity contribution in [3.8, 4) is 11.1 Å². The number of nitrogens with one attached hydrogen (secondary N) is 1. The average Bonchev–Trinajstić information content (AvgIpc) is 3.26. The van der Waals surface area contributed by atoms with Gasteiger partial charge in [-0.15, -0.1) is 0 Å². The third-order valence-corrected chi connectivity index (χ3v) is 9.00. The van der Waals surface area contributed by atoms with Crippen LogP contribution in [0.15, 0.2) is 59.5 Å². The van der Waals surface area contributed by atoms with Crippen molar-refractivity contribution < 1.29 is 15.0 Å². The number of carboxylic acid groups (broad SMARTS) is 1. The fraction of sp³-hybridized carbons (Fsp3) is 0.424. The molecule has 0 unspecified atom stereocenters. The van der Waals surface area contributed by atoms with Crippen LogP contribution in [0.5, 0.6) is 0 Å². The molecule has 3 aromatic rings. The van der Waals surface area contributed by atoms with Crippen molar-refractivity contribution in [3.63, 3.8) is 0 Å². The number of aliphatic hydroxyl groups excluding tert-OH is 1. The first-order chi connectivity index (χ1) is 18.4. The number of aromatic carboxylic acids is 1. The molecule has 6 heteroatoms. The molecule has 1 aliphatic carbocycles. The van der Waals surface area contributed by atoms with Gasteiger partial charge in [0.15, 0.2) is 0 Å². The number of aliphatic hydroxyl groups is 1. The molecule has 0 aromatic heterocycles. The summed E-state index contributed by atoms with van der Waals surface area (Å²) in [6.45, 7) is 11.6. The van der Waals surface area contributed by atoms with E-state index in [0.29, 0.717) is 24.6 Å². The first kappa shape index (κ1) is 29.3. The molecule has 0 amide bonds. The Bertz CT molecular complexity index is 1290. The van der Waals surface area contributed by atoms with Crippen molar-refractivity contribution in [3.05, 3.63) is 88.0 Å². The molecule has 3 N–H and O–H groups in total. The van der Waals surface area contributed by atoms with Crippen molar-refractivity contribution in [1.29, 1.82) is 0 Å². The third-order valence-electron chi connectivity index (χ3n) is 7.72. The van der Waals surface area contributed by atoms with E-state index in [0.717, 1.165) is 47.1 Å². The molecular weight excluding hydrogens is 504 g/mol. The number of nitrogens with zero attached hydrogens (tertiary/aromatic N) is 1. The summed E-state index contributed by atoms with van der Waals surface area (Å²) in [5.74, 6) is -0.254. The molecule has 208 valence electrons. The van der Waals surface area contributed by atoms with Gasteiger partial charge < -0.3 is 15.5 Å². The largest absolute Gasteiger partial charge is 0.478 e. The molecule has 0 saturated heterocycles. The quantitative estimate of drug-likeness (QED) is 0.240. The summed E-state index contributed by atoms with van der Waals surface area (Å²) >= 11 is 1.66. The predicted octanol–water partition coefficient (Wildman–Crippen LogP) is 6.45. The maximum absolute atomic E-state index is 11.4. The molecule has 4 rings (SSSR count). The van der Waals surface area contributed by atoms with Crippen LogP contribution in [-0.2, 0) is 12.8 Å². The van der Waals surface area contributed by atoms with Gasteiger partial charge in [0.05, 0.1) is 11.7 Å². The number of aryl methyl sites for hydroxylation is 3. The standard InChI is InChI=1S/C33H42N2O3S/c1-21-13-27(11-12-30(21)32(37)38)28-14-22(2)31(23(3)15-28)39-35(6)20-29(36)19-34-33(4,5)18-24-16-25-9-7-8-10-26(25)17-24/h7-15,24,29,34,36H,16-20H2,1-6H3,(H,37,38)/t29-/m1/s1. The number of hydrogen-bond donors (Lipinski definition) is 3. The van der Waals surface area contributed by atoms with Gasteiger partial charge in [-0.3, -0.25) is 0 Å². The zero-order chi connectivity index (χ0) is 28.3. The minimum Gasteiger partial charge on any atom is -0.478 e. The molecule has 0 radical (unpaired) electrons. The van der Waals surface area contributed by atoms with Gasteiger partial charge >= 0.3 is 5.97 Å². The lowest BCUT2D eigenvalue weighted by molar-refractivity contribution is 0.0696. The molecule has 5 nitrogen and oxygen atoms in total. The summed E-state index contributed by atoms with van der Waals surface area (Å²) in [6, 6.07) is 18.6. The highest BCUT2D eigenvalue weighted by Crippen LogP contribution is 2.34. The van der Waals surface area contributed by atoms with E-state index in [1.165, 1.54) is 16.0 Å². The second-order valence-electron chi connectivity index (χ2n) is 11.8. The maximum Gasteiger partial charge on any atom is 0.335 e. The van der Waals surface area contributed by atoms with E-state index in [1.54, 1.807) is 18.0 Å². The van der Waals surface area contributed by atoms with E-state index in [-0.39, 0.29) is 5.54 Å². The minimum atomic E-state index is -0.901. The van der Waals surface area contributed by atoms with Crippen molar-refractivity contribution in [2.45, 2.75) is 70.4 Å². The molecule has 0 spiro atoms. The molecule has 1 aliphatic rings. The number of rotatable bonds is 11. The summed E-state index contributed by atoms with van der Waals surface area (Å²) in [6.07, 6.45) is 2.91. The fourth-order valence-corrected chi connectivity index (χ4v) is 6.84. The molecule has 0 aliphatic heterocycles. The van der Waals surface area contributed by atoms with E-state index in [9.17, 15) is 15.0 Å². The van der Waals surface area contributed by atoms with Crippen molar-refractivity contribution in [1.82, 2.24) is 9.62 Å². The molecule has 39 heavy (non-hydrogen) atoms. The lowest BCUT2D eigenvalue weighted by atomic mass is 9.88. The van der Waals surface area contributed by atoms with Crippen LogP contribution in [0.25, 0.3) is 11.1 Å². The van der Waals surface area contributed by atoms with Crippen LogP contribution in [0.2, 0.25) is 0 Å². The van der Waals surface area contributed by atoms with Crippen LogP contribution >= 0.6 is 11.9 Å². The van der Waals surface area contributed by atoms with Crippen LogP contribution in [-0.4, -0.2) is 52.3 Å². The number of benzene rings is 3. The molecule has 0 bridgehead atoms. The van der Waals surface area contributed by atoms with Gasteiger partial charge in [0, 0.05) is 23.5 Å². The van der Waals surface area contributed by atoms with E-state index in [1.807, 2.05) is 26.1 Å². The minimum absolute atomic E-state index is 0.0383. The Hall–Kier alpha value is -2.64. The normalized spacial score (nSPS) is 14.6. The van der Waals surface area contributed by atoms with Gasteiger partial charge in [0.1, 0.15) is 0 Å². The molecule has 0 heterocycles. The fourth-order valence-electron chi connectivity index (χ4n) is 5.88. The van der Waals surface area contributed by atoms with Crippen molar-refractivity contribution in [2.24, 2.45) is 5.92 Å². The molecule has 0 saturated carbocycles. The Labute approximate surface area is 237 Å². The van der Waals surface area contributed by atoms with Crippen molar-refractivity contribution in [2.75, 3.05) is 20.1 Å². The van der Waals surface area contributed by atoms with Crippen LogP contribution in [0.4, 0.5) is 0 Å². The van der Waals surface area contributed by atoms with Gasteiger partial charge in [-0.25, -0.2) is 9.10 Å². The highest BCUT2D eigenvalue weighted by molar-refractivity contribution is 7.97. The molecular formula is C33H42N2O3S. The SMILES string of the molecule is Cc1cc(-c2cc(C)c(SN(C)C[C@H](O)CNC(C)(C)CC3Cc4ccccc4C3)c(C)c2)ccc1C(=O)O. The second-order valence-corrected chi connectivity index (χ2v) is 13.1. The number of fused-ring (bicyclic) bond motifs is 1. The second kappa shape index (κ2) is 12.3. The Morgan fingerprint density at radius 1 is 1.00 bits per heavy atom. The highest BCUT2D eigenvalue weighted by atomic mass is 32.2. The lowest BCUT2D eigenvalue weighted by Gasteiger charge is -2.31. The highest BCUT2D eigenvalue weighted by Gasteiger charge is 2.28. The van der Waals surface area contributed by atoms with Gasteiger partial charge in [-0.05, 0) is 124 Å². The van der Waals surface area contributed by atoms with Crippen LogP contribution < -0.4 is 5.32 Å². The smallest absolute Gasteiger partial charge is 0.335 e. The van der Waals surface area contributed by atoms with E-state index < -0.39 is 12.1 Å². The van der Waals surface area contributed by atoms with Crippen LogP contribution in [0.3, 0.4) is 0 Å². The van der Waals surface area contributed by atoms with Gasteiger partial charge in [0.2, 0.25) is 0 Å². The number of carboxylic acids is 1. The van der Waals surface area contributed by atoms with E-state index >= 15 is 0 Å². The molecule has 3 aromatic carbocycles. The monoisotopic (exact) mass is 546 g/mol. The van der Waals surface area contributed by atoms with Gasteiger partial charge in [0.25, 0.3) is 0 Å². The Morgan fingerprint density at radius 3 is 2.15 bits per heavy atom. The van der Waals surface area contributed by atoms with Gasteiger partial charge in [-0.2, -0.15) is 0 Å². The zero-order valence-corrected chi connectivity index (χ0v) is 24.9. The van der Waals surface area contributed by atoms with Crippen molar-refractivity contribution >= 4 is 17.9 Å². The predicted molar refractivity (Wildman–Crippen MR) is 162 cm³/mol. The van der Waals surface area contributed by atoms with Crippen LogP contribution in [0, 0.1) is 26.7 Å². The number of likely N-dealkylation sites (N-methyl/N-ethyl adjacent to an activating group) is 1. The first-order valence-corrected chi connectivity index (χ1v) is 14.5. The average molecular weight is 547 g/mol. The summed E-state index contributed by atoms with van der Waals surface area (Å²) in [5.41, 5.74) is 8.44.